The third-order valence-corrected chi connectivity index (χ3v) is 4.20. The van der Waals surface area contributed by atoms with Gasteiger partial charge in [-0.15, -0.1) is 0 Å². The zero-order valence-electron chi connectivity index (χ0n) is 16.3. The first-order chi connectivity index (χ1) is 13.2. The second kappa shape index (κ2) is 9.16. The van der Waals surface area contributed by atoms with Crippen LogP contribution in [0.5, 0.6) is 11.5 Å². The number of anilines is 2. The molecule has 1 aliphatic heterocycles. The number of hydrogen-bond donors (Lipinski definition) is 2. The highest BCUT2D eigenvalue weighted by molar-refractivity contribution is 5.93. The Bertz CT molecular complexity index is 790. The average Bonchev–Trinajstić information content (AvgIpc) is 2.91. The standard InChI is InChI=1S/C21H28N4O2/c1-4-22-21(23-15-16-7-5-8-18(13-16)25(2)3)24-17-9-10-19-20(14-17)27-12-6-11-26-19/h5,7-10,13-14H,4,6,11-12,15H2,1-3H3,(H2,22,23,24). The highest BCUT2D eigenvalue weighted by Crippen LogP contribution is 2.32. The summed E-state index contributed by atoms with van der Waals surface area (Å²) in [6, 6.07) is 14.3. The molecule has 3 rings (SSSR count). The number of nitrogens with one attached hydrogen (secondary N) is 2. The molecular weight excluding hydrogens is 340 g/mol. The molecule has 0 spiro atoms. The highest BCUT2D eigenvalue weighted by atomic mass is 16.5. The van der Waals surface area contributed by atoms with Crippen LogP contribution in [0.1, 0.15) is 18.9 Å². The second-order valence-corrected chi connectivity index (χ2v) is 6.60. The van der Waals surface area contributed by atoms with E-state index in [1.54, 1.807) is 0 Å². The van der Waals surface area contributed by atoms with Gasteiger partial charge in [0, 0.05) is 44.5 Å². The maximum absolute atomic E-state index is 5.77. The lowest BCUT2D eigenvalue weighted by molar-refractivity contribution is 0.297. The monoisotopic (exact) mass is 368 g/mol. The SMILES string of the molecule is CCNC(=NCc1cccc(N(C)C)c1)Nc1ccc2c(c1)OCCCO2. The number of ether oxygens (including phenoxy) is 2. The van der Waals surface area contributed by atoms with E-state index in [9.17, 15) is 0 Å². The predicted octanol–water partition coefficient (Wildman–Crippen LogP) is 3.49. The van der Waals surface area contributed by atoms with E-state index < -0.39 is 0 Å². The number of rotatable bonds is 5. The van der Waals surface area contributed by atoms with Gasteiger partial charge in [-0.25, -0.2) is 4.99 Å². The molecule has 2 aromatic carbocycles. The highest BCUT2D eigenvalue weighted by Gasteiger charge is 2.11. The summed E-state index contributed by atoms with van der Waals surface area (Å²) < 4.78 is 11.5. The Morgan fingerprint density at radius 3 is 2.67 bits per heavy atom. The van der Waals surface area contributed by atoms with Gasteiger partial charge in [0.05, 0.1) is 19.8 Å². The topological polar surface area (TPSA) is 58.1 Å². The molecule has 0 fully saturated rings. The van der Waals surface area contributed by atoms with Crippen molar-refractivity contribution in [1.29, 1.82) is 0 Å². The van der Waals surface area contributed by atoms with E-state index >= 15 is 0 Å². The Morgan fingerprint density at radius 2 is 1.89 bits per heavy atom. The first kappa shape index (κ1) is 18.9. The molecule has 6 nitrogen and oxygen atoms in total. The van der Waals surface area contributed by atoms with Gasteiger partial charge in [-0.3, -0.25) is 0 Å². The maximum atomic E-state index is 5.77. The number of benzene rings is 2. The first-order valence-corrected chi connectivity index (χ1v) is 9.37. The number of fused-ring (bicyclic) bond motifs is 1. The van der Waals surface area contributed by atoms with Crippen LogP contribution in [0, 0.1) is 0 Å². The van der Waals surface area contributed by atoms with Crippen molar-refractivity contribution in [2.75, 3.05) is 44.1 Å². The van der Waals surface area contributed by atoms with Crippen molar-refractivity contribution < 1.29 is 9.47 Å². The zero-order chi connectivity index (χ0) is 19.1. The molecule has 2 aromatic rings. The smallest absolute Gasteiger partial charge is 0.196 e. The van der Waals surface area contributed by atoms with Crippen LogP contribution in [0.3, 0.4) is 0 Å². The summed E-state index contributed by atoms with van der Waals surface area (Å²) in [6.07, 6.45) is 0.896. The van der Waals surface area contributed by atoms with E-state index in [0.29, 0.717) is 19.8 Å². The van der Waals surface area contributed by atoms with E-state index in [1.807, 2.05) is 32.3 Å². The molecule has 6 heteroatoms. The minimum absolute atomic E-state index is 0.599. The van der Waals surface area contributed by atoms with Crippen molar-refractivity contribution in [1.82, 2.24) is 5.32 Å². The zero-order valence-corrected chi connectivity index (χ0v) is 16.3. The molecule has 1 heterocycles. The van der Waals surface area contributed by atoms with Crippen molar-refractivity contribution in [3.05, 3.63) is 48.0 Å². The van der Waals surface area contributed by atoms with Gasteiger partial charge in [0.15, 0.2) is 17.5 Å². The molecule has 0 aliphatic carbocycles. The molecule has 1 aliphatic rings. The van der Waals surface area contributed by atoms with Gasteiger partial charge >= 0.3 is 0 Å². The minimum Gasteiger partial charge on any atom is -0.490 e. The van der Waals surface area contributed by atoms with Crippen LogP contribution < -0.4 is 25.0 Å². The number of hydrogen-bond acceptors (Lipinski definition) is 4. The molecule has 0 saturated carbocycles. The third-order valence-electron chi connectivity index (χ3n) is 4.20. The lowest BCUT2D eigenvalue weighted by Crippen LogP contribution is -2.30. The first-order valence-electron chi connectivity index (χ1n) is 9.37. The van der Waals surface area contributed by atoms with Gasteiger partial charge < -0.3 is 25.0 Å². The van der Waals surface area contributed by atoms with E-state index in [-0.39, 0.29) is 0 Å². The molecule has 0 bridgehead atoms. The molecule has 0 radical (unpaired) electrons. The van der Waals surface area contributed by atoms with Crippen LogP contribution in [0.25, 0.3) is 0 Å². The molecule has 2 N–H and O–H groups in total. The van der Waals surface area contributed by atoms with Crippen LogP contribution in [-0.4, -0.2) is 39.8 Å². The van der Waals surface area contributed by atoms with E-state index in [0.717, 1.165) is 41.7 Å². The molecule has 27 heavy (non-hydrogen) atoms. The summed E-state index contributed by atoms with van der Waals surface area (Å²) in [5, 5.41) is 6.64. The van der Waals surface area contributed by atoms with Crippen molar-refractivity contribution in [3.8, 4) is 11.5 Å². The van der Waals surface area contributed by atoms with E-state index in [1.165, 1.54) is 5.69 Å². The third kappa shape index (κ3) is 5.29. The molecule has 0 unspecified atom stereocenters. The predicted molar refractivity (Wildman–Crippen MR) is 111 cm³/mol. The lowest BCUT2D eigenvalue weighted by atomic mass is 10.2. The van der Waals surface area contributed by atoms with Gasteiger partial charge in [0.25, 0.3) is 0 Å². The lowest BCUT2D eigenvalue weighted by Gasteiger charge is -2.15. The van der Waals surface area contributed by atoms with E-state index in [2.05, 4.69) is 46.7 Å². The van der Waals surface area contributed by atoms with Crippen molar-refractivity contribution in [3.63, 3.8) is 0 Å². The fraction of sp³-hybridized carbons (Fsp3) is 0.381. The largest absolute Gasteiger partial charge is 0.490 e. The Kier molecular flexibility index (Phi) is 6.41. The Hall–Kier alpha value is -2.89. The fourth-order valence-electron chi connectivity index (χ4n) is 2.79. The molecule has 0 aromatic heterocycles. The summed E-state index contributed by atoms with van der Waals surface area (Å²) in [7, 11) is 4.08. The Morgan fingerprint density at radius 1 is 1.07 bits per heavy atom. The van der Waals surface area contributed by atoms with Crippen LogP contribution >= 0.6 is 0 Å². The van der Waals surface area contributed by atoms with Gasteiger partial charge in [0.1, 0.15) is 0 Å². The fourth-order valence-corrected chi connectivity index (χ4v) is 2.79. The maximum Gasteiger partial charge on any atom is 0.196 e. The average molecular weight is 368 g/mol. The van der Waals surface area contributed by atoms with Crippen LogP contribution in [0.15, 0.2) is 47.5 Å². The normalized spacial score (nSPS) is 13.7. The van der Waals surface area contributed by atoms with Crippen LogP contribution in [0.2, 0.25) is 0 Å². The van der Waals surface area contributed by atoms with Crippen molar-refractivity contribution in [2.45, 2.75) is 19.9 Å². The minimum atomic E-state index is 0.599. The quantitative estimate of drug-likeness (QED) is 0.625. The summed E-state index contributed by atoms with van der Waals surface area (Å²) in [6.45, 7) is 4.80. The van der Waals surface area contributed by atoms with Gasteiger partial charge in [0.2, 0.25) is 0 Å². The molecule has 0 amide bonds. The van der Waals surface area contributed by atoms with Crippen molar-refractivity contribution in [2.24, 2.45) is 4.99 Å². The van der Waals surface area contributed by atoms with Crippen LogP contribution in [0.4, 0.5) is 11.4 Å². The van der Waals surface area contributed by atoms with Crippen LogP contribution in [-0.2, 0) is 6.54 Å². The number of aliphatic imine (C=N–C) groups is 1. The second-order valence-electron chi connectivity index (χ2n) is 6.60. The Labute approximate surface area is 161 Å². The van der Waals surface area contributed by atoms with Crippen molar-refractivity contribution >= 4 is 17.3 Å². The van der Waals surface area contributed by atoms with Gasteiger partial charge in [-0.2, -0.15) is 0 Å². The molecule has 0 atom stereocenters. The number of guanidine groups is 1. The number of nitrogens with zero attached hydrogens (tertiary/aromatic N) is 2. The summed E-state index contributed by atoms with van der Waals surface area (Å²) in [4.78, 5) is 6.81. The molecular formula is C21H28N4O2. The Balaban J connectivity index is 1.72. The summed E-state index contributed by atoms with van der Waals surface area (Å²) >= 11 is 0. The summed E-state index contributed by atoms with van der Waals surface area (Å²) in [5.74, 6) is 2.30. The molecule has 144 valence electrons. The van der Waals surface area contributed by atoms with Gasteiger partial charge in [-0.1, -0.05) is 12.1 Å². The molecule has 0 saturated heterocycles. The van der Waals surface area contributed by atoms with E-state index in [4.69, 9.17) is 14.5 Å². The van der Waals surface area contributed by atoms with Gasteiger partial charge in [-0.05, 0) is 36.8 Å². The summed E-state index contributed by atoms with van der Waals surface area (Å²) in [5.41, 5.74) is 3.25.